The summed E-state index contributed by atoms with van der Waals surface area (Å²) in [5.74, 6) is 0.866. The SMILES string of the molecule is CCc1nc2ccc(Nc3c(C)c(N[C@H]4CCCNC4)c(C#N)c4ccnn34)cc2s1. The minimum Gasteiger partial charge on any atom is -0.380 e. The Balaban J connectivity index is 1.58. The van der Waals surface area contributed by atoms with Gasteiger partial charge in [0.05, 0.1) is 32.6 Å². The van der Waals surface area contributed by atoms with Gasteiger partial charge in [0.25, 0.3) is 0 Å². The topological polar surface area (TPSA) is 90.1 Å². The van der Waals surface area contributed by atoms with Crippen LogP contribution in [0.1, 0.15) is 35.9 Å². The Hall–Kier alpha value is -3.15. The molecule has 0 radical (unpaired) electrons. The van der Waals surface area contributed by atoms with E-state index in [1.165, 1.54) is 0 Å². The molecule has 0 amide bonds. The lowest BCUT2D eigenvalue weighted by Gasteiger charge is -2.27. The van der Waals surface area contributed by atoms with E-state index in [-0.39, 0.29) is 0 Å². The van der Waals surface area contributed by atoms with Crippen molar-refractivity contribution in [2.75, 3.05) is 23.7 Å². The molecule has 0 unspecified atom stereocenters. The Morgan fingerprint density at radius 2 is 2.26 bits per heavy atom. The maximum absolute atomic E-state index is 9.94. The van der Waals surface area contributed by atoms with Crippen molar-refractivity contribution in [2.45, 2.75) is 39.2 Å². The number of thiazole rings is 1. The summed E-state index contributed by atoms with van der Waals surface area (Å²) in [6.07, 6.45) is 4.90. The molecule has 158 valence electrons. The molecule has 31 heavy (non-hydrogen) atoms. The van der Waals surface area contributed by atoms with Crippen LogP contribution >= 0.6 is 11.3 Å². The van der Waals surface area contributed by atoms with Crippen LogP contribution in [0.2, 0.25) is 0 Å². The normalized spacial score (nSPS) is 16.5. The van der Waals surface area contributed by atoms with Crippen LogP contribution in [0.5, 0.6) is 0 Å². The molecule has 7 nitrogen and oxygen atoms in total. The Morgan fingerprint density at radius 1 is 1.35 bits per heavy atom. The molecule has 1 aliphatic heterocycles. The van der Waals surface area contributed by atoms with Gasteiger partial charge in [-0.1, -0.05) is 6.92 Å². The number of aryl methyl sites for hydroxylation is 1. The second-order valence-corrected chi connectivity index (χ2v) is 9.04. The summed E-state index contributed by atoms with van der Waals surface area (Å²) < 4.78 is 2.99. The van der Waals surface area contributed by atoms with Gasteiger partial charge >= 0.3 is 0 Å². The molecule has 3 N–H and O–H groups in total. The summed E-state index contributed by atoms with van der Waals surface area (Å²) in [6, 6.07) is 10.8. The van der Waals surface area contributed by atoms with Crippen LogP contribution in [0.25, 0.3) is 15.7 Å². The number of nitrogens with one attached hydrogen (secondary N) is 3. The molecule has 0 saturated carbocycles. The minimum atomic E-state index is 0.304. The molecule has 3 aromatic heterocycles. The van der Waals surface area contributed by atoms with Crippen LogP contribution in [-0.4, -0.2) is 33.7 Å². The number of rotatable bonds is 5. The number of fused-ring (bicyclic) bond motifs is 2. The van der Waals surface area contributed by atoms with Crippen LogP contribution in [0, 0.1) is 18.3 Å². The number of pyridine rings is 1. The first-order chi connectivity index (χ1) is 15.2. The molecule has 1 fully saturated rings. The third kappa shape index (κ3) is 3.60. The minimum absolute atomic E-state index is 0.304. The molecule has 4 aromatic rings. The van der Waals surface area contributed by atoms with E-state index in [9.17, 15) is 5.26 Å². The number of benzene rings is 1. The van der Waals surface area contributed by atoms with Crippen LogP contribution in [-0.2, 0) is 6.42 Å². The summed E-state index contributed by atoms with van der Waals surface area (Å²) in [5, 5.41) is 26.2. The van der Waals surface area contributed by atoms with Gasteiger partial charge < -0.3 is 16.0 Å². The smallest absolute Gasteiger partial charge is 0.137 e. The number of nitrogens with zero attached hydrogens (tertiary/aromatic N) is 4. The Kier molecular flexibility index (Phi) is 5.22. The number of aromatic nitrogens is 3. The summed E-state index contributed by atoms with van der Waals surface area (Å²) in [7, 11) is 0. The van der Waals surface area contributed by atoms with Crippen molar-refractivity contribution >= 4 is 44.3 Å². The van der Waals surface area contributed by atoms with E-state index in [2.05, 4.69) is 51.2 Å². The third-order valence-corrected chi connectivity index (χ3v) is 7.01. The number of anilines is 3. The van der Waals surface area contributed by atoms with Crippen molar-refractivity contribution in [3.63, 3.8) is 0 Å². The standard InChI is InChI=1S/C23H25N7S/c1-3-21-29-18-7-6-15(11-20(18)31-21)28-23-14(2)22(27-16-5-4-9-25-13-16)17(12-24)19-8-10-26-30(19)23/h6-8,10-11,16,25,27-28H,3-5,9,13H2,1-2H3/t16-/m0/s1. The van der Waals surface area contributed by atoms with Crippen molar-refractivity contribution in [2.24, 2.45) is 0 Å². The van der Waals surface area contributed by atoms with Gasteiger partial charge in [-0.15, -0.1) is 11.3 Å². The lowest BCUT2D eigenvalue weighted by molar-refractivity contribution is 0.479. The number of piperidine rings is 1. The predicted molar refractivity (Wildman–Crippen MR) is 126 cm³/mol. The lowest BCUT2D eigenvalue weighted by Crippen LogP contribution is -2.38. The van der Waals surface area contributed by atoms with Crippen LogP contribution in [0.15, 0.2) is 30.5 Å². The Morgan fingerprint density at radius 3 is 3.03 bits per heavy atom. The van der Waals surface area contributed by atoms with Crippen LogP contribution in [0.4, 0.5) is 17.2 Å². The molecule has 0 spiro atoms. The van der Waals surface area contributed by atoms with Crippen molar-refractivity contribution in [1.82, 2.24) is 19.9 Å². The predicted octanol–water partition coefficient (Wildman–Crippen LogP) is 4.59. The van der Waals surface area contributed by atoms with E-state index < -0.39 is 0 Å². The fourth-order valence-corrected chi connectivity index (χ4v) is 5.17. The second-order valence-electron chi connectivity index (χ2n) is 7.92. The molecule has 1 aromatic carbocycles. The highest BCUT2D eigenvalue weighted by molar-refractivity contribution is 7.18. The molecule has 0 aliphatic carbocycles. The fraction of sp³-hybridized carbons (Fsp3) is 0.348. The maximum Gasteiger partial charge on any atom is 0.137 e. The van der Waals surface area contributed by atoms with Gasteiger partial charge in [-0.3, -0.25) is 0 Å². The highest BCUT2D eigenvalue weighted by Crippen LogP contribution is 2.34. The molecule has 4 heterocycles. The zero-order chi connectivity index (χ0) is 21.4. The average Bonchev–Trinajstić information content (AvgIpc) is 3.44. The first-order valence-corrected chi connectivity index (χ1v) is 11.5. The van der Waals surface area contributed by atoms with E-state index >= 15 is 0 Å². The van der Waals surface area contributed by atoms with Gasteiger partial charge in [-0.25, -0.2) is 9.50 Å². The number of hydrogen-bond acceptors (Lipinski definition) is 7. The van der Waals surface area contributed by atoms with Gasteiger partial charge in [0, 0.05) is 23.8 Å². The van der Waals surface area contributed by atoms with E-state index in [1.54, 1.807) is 17.5 Å². The highest BCUT2D eigenvalue weighted by Gasteiger charge is 2.21. The van der Waals surface area contributed by atoms with Gasteiger partial charge in [0.15, 0.2) is 0 Å². The quantitative estimate of drug-likeness (QED) is 0.428. The van der Waals surface area contributed by atoms with E-state index in [0.717, 1.165) is 75.8 Å². The zero-order valence-corrected chi connectivity index (χ0v) is 18.5. The van der Waals surface area contributed by atoms with E-state index in [1.807, 2.05) is 23.6 Å². The largest absolute Gasteiger partial charge is 0.380 e. The molecule has 1 atom stereocenters. The summed E-state index contributed by atoms with van der Waals surface area (Å²) in [6.45, 7) is 6.13. The molecule has 1 aliphatic rings. The van der Waals surface area contributed by atoms with Crippen molar-refractivity contribution in [3.05, 3.63) is 46.6 Å². The monoisotopic (exact) mass is 431 g/mol. The summed E-state index contributed by atoms with van der Waals surface area (Å²) in [5.41, 5.74) is 5.32. The highest BCUT2D eigenvalue weighted by atomic mass is 32.1. The lowest BCUT2D eigenvalue weighted by atomic mass is 10.0. The van der Waals surface area contributed by atoms with Crippen molar-refractivity contribution in [1.29, 1.82) is 5.26 Å². The fourth-order valence-electron chi connectivity index (χ4n) is 4.22. The van der Waals surface area contributed by atoms with Crippen LogP contribution in [0.3, 0.4) is 0 Å². The third-order valence-electron chi connectivity index (χ3n) is 5.85. The second kappa shape index (κ2) is 8.17. The Bertz CT molecular complexity index is 1290. The summed E-state index contributed by atoms with van der Waals surface area (Å²) in [4.78, 5) is 4.66. The van der Waals surface area contributed by atoms with Gasteiger partial charge in [0.1, 0.15) is 17.5 Å². The summed E-state index contributed by atoms with van der Waals surface area (Å²) >= 11 is 1.73. The number of hydrogen-bond donors (Lipinski definition) is 3. The first-order valence-electron chi connectivity index (χ1n) is 10.7. The van der Waals surface area contributed by atoms with E-state index in [4.69, 9.17) is 0 Å². The zero-order valence-electron chi connectivity index (χ0n) is 17.7. The molecule has 8 heteroatoms. The molecule has 5 rings (SSSR count). The van der Waals surface area contributed by atoms with Crippen molar-refractivity contribution < 1.29 is 0 Å². The molecular formula is C23H25N7S. The van der Waals surface area contributed by atoms with Gasteiger partial charge in [-0.2, -0.15) is 10.4 Å². The first kappa shape index (κ1) is 19.8. The Labute approximate surface area is 185 Å². The van der Waals surface area contributed by atoms with Crippen molar-refractivity contribution in [3.8, 4) is 6.07 Å². The van der Waals surface area contributed by atoms with Crippen LogP contribution < -0.4 is 16.0 Å². The van der Waals surface area contributed by atoms with Gasteiger partial charge in [-0.05, 0) is 57.0 Å². The average molecular weight is 432 g/mol. The number of nitriles is 1. The molecule has 1 saturated heterocycles. The van der Waals surface area contributed by atoms with E-state index in [0.29, 0.717) is 11.6 Å². The molecule has 0 bridgehead atoms. The van der Waals surface area contributed by atoms with Gasteiger partial charge in [0.2, 0.25) is 0 Å². The molecular weight excluding hydrogens is 406 g/mol. The maximum atomic E-state index is 9.94.